The Bertz CT molecular complexity index is 2530. The lowest BCUT2D eigenvalue weighted by molar-refractivity contribution is -0.904. The Morgan fingerprint density at radius 2 is 1.04 bits per heavy atom. The zero-order valence-corrected chi connectivity index (χ0v) is 55.6. The normalized spacial score (nSPS) is 13.5. The van der Waals surface area contributed by atoms with Crippen LogP contribution >= 0.6 is 0 Å². The summed E-state index contributed by atoms with van der Waals surface area (Å²) in [6.45, 7) is 17.3. The highest BCUT2D eigenvalue weighted by Crippen LogP contribution is 2.19. The monoisotopic (exact) mass is 1350 g/mol. The van der Waals surface area contributed by atoms with E-state index in [1.807, 2.05) is 32.9 Å². The van der Waals surface area contributed by atoms with Crippen LogP contribution in [0.25, 0.3) is 10.4 Å². The first-order valence-electron chi connectivity index (χ1n) is 26.1. The summed E-state index contributed by atoms with van der Waals surface area (Å²) >= 11 is 0. The lowest BCUT2D eigenvalue weighted by Gasteiger charge is -2.30. The highest BCUT2D eigenvalue weighted by Gasteiger charge is 2.45. The second-order valence-electron chi connectivity index (χ2n) is 22.5. The molecule has 2 N–H and O–H groups in total. The molecule has 1 aromatic heterocycles. The summed E-state index contributed by atoms with van der Waals surface area (Å²) in [4.78, 5) is 53.3. The van der Waals surface area contributed by atoms with Gasteiger partial charge in [-0.25, -0.2) is 14.3 Å². The number of nitrogens with one attached hydrogen (secondary N) is 2. The molecule has 0 atom stereocenters. The standard InChI is InChI=1S/C28H54N7O2.C16H11N4.C13H21N3O2.4BrH/c1-8-9-10-11-12-13-14-15-16-20-34(4,5)22-19-32-23-25(30-31-32)24-35(6,7)21-17-18-33-26(36)28(2,3)29-27(33)37;1-4-5-6-7-8-9-10-11-12-13-15-20(2,3)16-14-18-19-17;1-6-9-16(4,5)10-7-8-15-11(17)13(2,3)14-12(15)18;;;;/h23H,8-22,24H2,1-7H3;1H,14,16H2,2-3H3;1H,7-10H2,2-5H3;4*1H/q2*+1;;;;;/p-2. The molecule has 0 unspecified atom stereocenters. The van der Waals surface area contributed by atoms with E-state index in [2.05, 4.69) is 143 Å². The topological polar surface area (TPSA) is 178 Å². The van der Waals surface area contributed by atoms with E-state index in [-0.39, 0.29) is 91.8 Å². The predicted octanol–water partition coefficient (Wildman–Crippen LogP) is -6.40. The van der Waals surface area contributed by atoms with E-state index in [1.165, 1.54) is 74.1 Å². The number of aromatic nitrogens is 3. The van der Waals surface area contributed by atoms with E-state index >= 15 is 0 Å². The van der Waals surface area contributed by atoms with Gasteiger partial charge in [0.2, 0.25) is 0 Å². The number of imide groups is 2. The molecule has 3 heterocycles. The Kier molecular flexibility index (Phi) is 41.8. The predicted molar refractivity (Wildman–Crippen MR) is 297 cm³/mol. The van der Waals surface area contributed by atoms with E-state index in [0.29, 0.717) is 41.7 Å². The molecular formula is C57H88Br4N14O4. The zero-order valence-electron chi connectivity index (χ0n) is 49.3. The molecule has 0 aromatic carbocycles. The molecule has 2 saturated heterocycles. The first kappa shape index (κ1) is 80.5. The molecule has 6 amide bonds. The molecule has 2 aliphatic rings. The molecule has 2 aliphatic heterocycles. The maximum absolute atomic E-state index is 12.4. The summed E-state index contributed by atoms with van der Waals surface area (Å²) in [5.41, 5.74) is 7.57. The van der Waals surface area contributed by atoms with Crippen LogP contribution in [0.2, 0.25) is 0 Å². The van der Waals surface area contributed by atoms with Crippen LogP contribution in [0.1, 0.15) is 111 Å². The molecule has 0 aliphatic carbocycles. The number of hydrogen-bond donors (Lipinski definition) is 2. The van der Waals surface area contributed by atoms with Crippen LogP contribution in [-0.4, -0.2) is 193 Å². The van der Waals surface area contributed by atoms with Gasteiger partial charge in [0.25, 0.3) is 11.8 Å². The summed E-state index contributed by atoms with van der Waals surface area (Å²) in [5, 5.41) is 17.7. The fourth-order valence-corrected chi connectivity index (χ4v) is 7.88. The number of hydrogen-bond acceptors (Lipinski definition) is 7. The molecule has 3 rings (SSSR count). The fraction of sp³-hybridized carbons (Fsp3) is 0.649. The molecule has 0 radical (unpaired) electrons. The third-order valence-electron chi connectivity index (χ3n) is 12.4. The average Bonchev–Trinajstić information content (AvgIpc) is 3.91. The van der Waals surface area contributed by atoms with Crippen molar-refractivity contribution in [3.05, 3.63) is 22.3 Å². The highest BCUT2D eigenvalue weighted by molar-refractivity contribution is 6.07. The van der Waals surface area contributed by atoms with Gasteiger partial charge in [0.15, 0.2) is 6.04 Å². The Balaban J connectivity index is -0.000000571. The smallest absolute Gasteiger partial charge is 0.325 e. The summed E-state index contributed by atoms with van der Waals surface area (Å²) in [6, 6.07) is 2.33. The second kappa shape index (κ2) is 41.1. The average molecular weight is 1350 g/mol. The van der Waals surface area contributed by atoms with Crippen molar-refractivity contribution >= 4 is 23.9 Å². The van der Waals surface area contributed by atoms with Crippen LogP contribution in [-0.2, 0) is 22.7 Å². The molecule has 18 nitrogen and oxygen atoms in total. The lowest BCUT2D eigenvalue weighted by atomic mass is 10.1. The fourth-order valence-electron chi connectivity index (χ4n) is 7.88. The second-order valence-corrected chi connectivity index (χ2v) is 22.5. The summed E-state index contributed by atoms with van der Waals surface area (Å²) in [6.07, 6.45) is 26.1. The number of terminal acetylenes is 2. The minimum absolute atomic E-state index is 0. The largest absolute Gasteiger partial charge is 1.00 e. The number of nitrogens with zero attached hydrogens (tertiary/aromatic N) is 12. The van der Waals surface area contributed by atoms with Crippen molar-refractivity contribution in [3.63, 3.8) is 0 Å². The van der Waals surface area contributed by atoms with Gasteiger partial charge >= 0.3 is 12.1 Å². The minimum atomic E-state index is -0.805. The Hall–Kier alpha value is -4.99. The zero-order chi connectivity index (χ0) is 56.6. The maximum atomic E-state index is 12.4. The van der Waals surface area contributed by atoms with Crippen molar-refractivity contribution in [1.29, 1.82) is 0 Å². The minimum Gasteiger partial charge on any atom is -1.00 e. The van der Waals surface area contributed by atoms with Crippen molar-refractivity contribution in [3.8, 4) is 84.0 Å². The Morgan fingerprint density at radius 3 is 1.48 bits per heavy atom. The maximum Gasteiger partial charge on any atom is 0.325 e. The number of rotatable bonds is 27. The van der Waals surface area contributed by atoms with Crippen LogP contribution < -0.4 is 78.6 Å². The van der Waals surface area contributed by atoms with E-state index in [9.17, 15) is 19.2 Å². The van der Waals surface area contributed by atoms with Gasteiger partial charge in [-0.3, -0.25) is 23.9 Å². The lowest BCUT2D eigenvalue weighted by Crippen LogP contribution is -3.00. The van der Waals surface area contributed by atoms with Gasteiger partial charge in [0, 0.05) is 54.5 Å². The SMILES string of the molecule is C#CC#CC#CC#CC#CC#C[N+](C)(C)CCN=[N+]=[N-].C#CC[N+](C)(C)CCCN1C(=O)NC(C)(C)C1=O.CCCCCCCCCCC[N+](C)(C)CCn1cc(C[N+](C)(C)CCCN2C(=O)NC(C)(C)C2=O)nn1.[Br-].[Br-].[Br-].[Br-]. The van der Waals surface area contributed by atoms with Crippen molar-refractivity contribution in [2.24, 2.45) is 5.11 Å². The third-order valence-corrected chi connectivity index (χ3v) is 12.4. The first-order valence-corrected chi connectivity index (χ1v) is 26.1. The molecule has 1 aromatic rings. The van der Waals surface area contributed by atoms with Gasteiger partial charge in [-0.15, -0.1) is 17.9 Å². The Morgan fingerprint density at radius 1 is 0.595 bits per heavy atom. The highest BCUT2D eigenvalue weighted by atomic mass is 79.9. The van der Waals surface area contributed by atoms with E-state index in [0.717, 1.165) is 60.2 Å². The third kappa shape index (κ3) is 35.4. The summed E-state index contributed by atoms with van der Waals surface area (Å²) in [7, 11) is 16.8. The number of urea groups is 2. The number of amides is 6. The molecule has 22 heteroatoms. The van der Waals surface area contributed by atoms with Crippen LogP contribution in [0.5, 0.6) is 0 Å². The van der Waals surface area contributed by atoms with E-state index in [4.69, 9.17) is 18.4 Å². The summed E-state index contributed by atoms with van der Waals surface area (Å²) in [5.74, 6) is 27.0. The quantitative estimate of drug-likeness (QED) is 0.0169. The van der Waals surface area contributed by atoms with Gasteiger partial charge < -0.3 is 92.0 Å². The molecule has 79 heavy (non-hydrogen) atoms. The number of quaternary nitrogens is 4. The number of halogens is 4. The van der Waals surface area contributed by atoms with Crippen LogP contribution in [0.15, 0.2) is 11.3 Å². The van der Waals surface area contributed by atoms with Gasteiger partial charge in [-0.2, -0.15) is 0 Å². The van der Waals surface area contributed by atoms with E-state index < -0.39 is 11.1 Å². The Labute approximate surface area is 517 Å². The van der Waals surface area contributed by atoms with Crippen LogP contribution in [0.4, 0.5) is 9.59 Å². The number of likely N-dealkylation sites (N-methyl/N-ethyl adjacent to an activating group) is 2. The molecule has 2 fully saturated rings. The number of unbranched alkanes of at least 4 members (excludes halogenated alkanes) is 8. The molecule has 0 bridgehead atoms. The molecule has 0 spiro atoms. The molecular weight excluding hydrogens is 1260 g/mol. The molecule has 0 saturated carbocycles. The van der Waals surface area contributed by atoms with Gasteiger partial charge in [0.05, 0.1) is 114 Å². The van der Waals surface area contributed by atoms with Crippen molar-refractivity contribution in [1.82, 2.24) is 35.4 Å². The number of azide groups is 1. The number of carbonyl (C=O) groups excluding carboxylic acids is 4. The molecule has 438 valence electrons. The van der Waals surface area contributed by atoms with E-state index in [1.54, 1.807) is 27.7 Å². The van der Waals surface area contributed by atoms with Crippen LogP contribution in [0.3, 0.4) is 0 Å². The summed E-state index contributed by atoms with van der Waals surface area (Å²) < 4.78 is 4.80. The van der Waals surface area contributed by atoms with Gasteiger partial charge in [-0.1, -0.05) is 62.2 Å². The van der Waals surface area contributed by atoms with Crippen molar-refractivity contribution < 1.29 is 105 Å². The van der Waals surface area contributed by atoms with Crippen molar-refractivity contribution in [2.45, 2.75) is 129 Å². The number of carbonyl (C=O) groups is 4. The van der Waals surface area contributed by atoms with Crippen molar-refractivity contribution in [2.75, 3.05) is 115 Å². The van der Waals surface area contributed by atoms with Crippen LogP contribution in [0, 0.1) is 84.0 Å². The van der Waals surface area contributed by atoms with Gasteiger partial charge in [0.1, 0.15) is 29.9 Å². The first-order chi connectivity index (χ1) is 35.2. The van der Waals surface area contributed by atoms with Gasteiger partial charge in [-0.05, 0) is 81.6 Å².